The van der Waals surface area contributed by atoms with Gasteiger partial charge in [0.25, 0.3) is 0 Å². The van der Waals surface area contributed by atoms with E-state index in [2.05, 4.69) is 5.92 Å². The van der Waals surface area contributed by atoms with Gasteiger partial charge in [-0.25, -0.2) is 14.4 Å². The smallest absolute Gasteiger partial charge is 0.338 e. The fraction of sp³-hybridized carbons (Fsp3) is 0.179. The number of carbonyl (C=O) groups is 3. The van der Waals surface area contributed by atoms with Crippen LogP contribution in [0, 0.1) is 12.3 Å². The van der Waals surface area contributed by atoms with Crippen LogP contribution in [0.3, 0.4) is 0 Å². The van der Waals surface area contributed by atoms with Gasteiger partial charge in [0.05, 0.1) is 16.7 Å². The van der Waals surface area contributed by atoms with Gasteiger partial charge in [0.1, 0.15) is 12.7 Å². The molecule has 3 aromatic rings. The summed E-state index contributed by atoms with van der Waals surface area (Å²) in [6.07, 6.45) is 1.45. The summed E-state index contributed by atoms with van der Waals surface area (Å²) < 4.78 is 22.6. The van der Waals surface area contributed by atoms with Gasteiger partial charge >= 0.3 is 17.9 Å². The second-order valence-electron chi connectivity index (χ2n) is 7.70. The van der Waals surface area contributed by atoms with Crippen molar-refractivity contribution in [2.45, 2.75) is 24.4 Å². The molecule has 1 aliphatic rings. The van der Waals surface area contributed by atoms with Gasteiger partial charge in [-0.05, 0) is 36.4 Å². The highest BCUT2D eigenvalue weighted by molar-refractivity contribution is 5.91. The van der Waals surface area contributed by atoms with Crippen LogP contribution < -0.4 is 0 Å². The predicted molar refractivity (Wildman–Crippen MR) is 126 cm³/mol. The van der Waals surface area contributed by atoms with Crippen molar-refractivity contribution < 1.29 is 33.3 Å². The zero-order valence-corrected chi connectivity index (χ0v) is 18.6. The Kier molecular flexibility index (Phi) is 7.56. The lowest BCUT2D eigenvalue weighted by molar-refractivity contribution is -0.0437. The quantitative estimate of drug-likeness (QED) is 0.296. The third-order valence-corrected chi connectivity index (χ3v) is 5.37. The summed E-state index contributed by atoms with van der Waals surface area (Å²) >= 11 is 0. The number of hydrogen-bond donors (Lipinski definition) is 0. The molecular formula is C28H22O7. The molecule has 1 aliphatic heterocycles. The van der Waals surface area contributed by atoms with Crippen LogP contribution in [-0.2, 0) is 18.9 Å². The van der Waals surface area contributed by atoms with Crippen molar-refractivity contribution >= 4 is 17.9 Å². The van der Waals surface area contributed by atoms with Crippen molar-refractivity contribution in [3.8, 4) is 12.3 Å². The van der Waals surface area contributed by atoms with Crippen LogP contribution in [0.15, 0.2) is 91.0 Å². The fourth-order valence-corrected chi connectivity index (χ4v) is 3.61. The molecule has 4 rings (SSSR count). The fourth-order valence-electron chi connectivity index (χ4n) is 3.61. The monoisotopic (exact) mass is 470 g/mol. The Bertz CT molecular complexity index is 1200. The number of ether oxygens (including phenoxy) is 4. The molecule has 35 heavy (non-hydrogen) atoms. The first-order valence-electron chi connectivity index (χ1n) is 10.9. The molecule has 3 aromatic carbocycles. The van der Waals surface area contributed by atoms with Crippen LogP contribution in [-0.4, -0.2) is 48.9 Å². The molecule has 176 valence electrons. The standard InChI is InChI=1S/C28H22O7/c1-2-22-24(34-27(30)20-14-8-4-9-15-20)25(35-28(31)21-16-10-5-11-17-21)23(33-22)18-32-26(29)19-12-6-3-7-13-19/h1,3-17,22-25H,18H2/t22-,23+,24-,25+/m0/s1. The summed E-state index contributed by atoms with van der Waals surface area (Å²) in [6.45, 7) is -0.266. The lowest BCUT2D eigenvalue weighted by Gasteiger charge is -2.23. The molecule has 4 atom stereocenters. The van der Waals surface area contributed by atoms with Crippen LogP contribution in [0.25, 0.3) is 0 Å². The third kappa shape index (κ3) is 5.75. The van der Waals surface area contributed by atoms with E-state index in [9.17, 15) is 14.4 Å². The lowest BCUT2D eigenvalue weighted by atomic mass is 10.1. The summed E-state index contributed by atoms with van der Waals surface area (Å²) in [4.78, 5) is 38.0. The van der Waals surface area contributed by atoms with Crippen molar-refractivity contribution in [1.82, 2.24) is 0 Å². The van der Waals surface area contributed by atoms with Crippen molar-refractivity contribution in [2.24, 2.45) is 0 Å². The Morgan fingerprint density at radius 1 is 0.686 bits per heavy atom. The van der Waals surface area contributed by atoms with Gasteiger partial charge in [-0.3, -0.25) is 0 Å². The predicted octanol–water partition coefficient (Wildman–Crippen LogP) is 3.70. The second kappa shape index (κ2) is 11.1. The van der Waals surface area contributed by atoms with Crippen molar-refractivity contribution in [3.63, 3.8) is 0 Å². The topological polar surface area (TPSA) is 88.1 Å². The number of terminal acetylenes is 1. The van der Waals surface area contributed by atoms with Gasteiger partial charge in [-0.1, -0.05) is 60.5 Å². The minimum atomic E-state index is -1.11. The summed E-state index contributed by atoms with van der Waals surface area (Å²) in [5, 5.41) is 0. The van der Waals surface area contributed by atoms with Crippen LogP contribution in [0.1, 0.15) is 31.1 Å². The number of esters is 3. The Morgan fingerprint density at radius 3 is 1.57 bits per heavy atom. The van der Waals surface area contributed by atoms with Crippen molar-refractivity contribution in [3.05, 3.63) is 108 Å². The van der Waals surface area contributed by atoms with Gasteiger partial charge in [0.2, 0.25) is 0 Å². The van der Waals surface area contributed by atoms with E-state index < -0.39 is 42.3 Å². The van der Waals surface area contributed by atoms with Gasteiger partial charge in [0, 0.05) is 0 Å². The summed E-state index contributed by atoms with van der Waals surface area (Å²) in [5.74, 6) is 0.546. The first kappa shape index (κ1) is 23.7. The maximum atomic E-state index is 12.8. The van der Waals surface area contributed by atoms with Gasteiger partial charge in [0.15, 0.2) is 18.3 Å². The molecule has 1 saturated heterocycles. The van der Waals surface area contributed by atoms with Gasteiger partial charge in [-0.15, -0.1) is 6.42 Å². The maximum Gasteiger partial charge on any atom is 0.338 e. The zero-order valence-electron chi connectivity index (χ0n) is 18.6. The Balaban J connectivity index is 1.55. The first-order chi connectivity index (χ1) is 17.1. The Hall–Kier alpha value is -4.41. The molecule has 0 N–H and O–H groups in total. The van der Waals surface area contributed by atoms with E-state index in [-0.39, 0.29) is 6.61 Å². The SMILES string of the molecule is C#C[C@@H]1O[C@H](COC(=O)c2ccccc2)[C@@H](OC(=O)c2ccccc2)[C@H]1OC(=O)c1ccccc1. The van der Waals surface area contributed by atoms with Crippen LogP contribution in [0.2, 0.25) is 0 Å². The minimum Gasteiger partial charge on any atom is -0.459 e. The number of hydrogen-bond acceptors (Lipinski definition) is 7. The summed E-state index contributed by atoms with van der Waals surface area (Å²) in [6, 6.07) is 25.1. The van der Waals surface area contributed by atoms with Crippen molar-refractivity contribution in [2.75, 3.05) is 6.61 Å². The van der Waals surface area contributed by atoms with Gasteiger partial charge < -0.3 is 18.9 Å². The average Bonchev–Trinajstić information content (AvgIpc) is 3.24. The molecule has 1 fully saturated rings. The van der Waals surface area contributed by atoms with E-state index in [1.54, 1.807) is 91.0 Å². The number of rotatable bonds is 7. The molecule has 0 saturated carbocycles. The van der Waals surface area contributed by atoms with E-state index in [4.69, 9.17) is 25.4 Å². The first-order valence-corrected chi connectivity index (χ1v) is 10.9. The minimum absolute atomic E-state index is 0.266. The average molecular weight is 470 g/mol. The maximum absolute atomic E-state index is 12.8. The lowest BCUT2D eigenvalue weighted by Crippen LogP contribution is -2.41. The molecule has 0 radical (unpaired) electrons. The van der Waals surface area contributed by atoms with E-state index in [0.717, 1.165) is 0 Å². The van der Waals surface area contributed by atoms with E-state index in [1.807, 2.05) is 0 Å². The highest BCUT2D eigenvalue weighted by Crippen LogP contribution is 2.29. The Morgan fingerprint density at radius 2 is 1.11 bits per heavy atom. The van der Waals surface area contributed by atoms with E-state index in [0.29, 0.717) is 16.7 Å². The molecule has 0 bridgehead atoms. The van der Waals surface area contributed by atoms with Crippen LogP contribution in [0.5, 0.6) is 0 Å². The van der Waals surface area contributed by atoms with E-state index >= 15 is 0 Å². The molecular weight excluding hydrogens is 448 g/mol. The number of carbonyl (C=O) groups excluding carboxylic acids is 3. The zero-order chi connectivity index (χ0) is 24.6. The number of benzene rings is 3. The largest absolute Gasteiger partial charge is 0.459 e. The molecule has 0 aromatic heterocycles. The summed E-state index contributed by atoms with van der Waals surface area (Å²) in [7, 11) is 0. The second-order valence-corrected chi connectivity index (χ2v) is 7.70. The third-order valence-electron chi connectivity index (χ3n) is 5.37. The normalized spacial score (nSPS) is 20.9. The molecule has 0 unspecified atom stereocenters. The Labute approximate surface area is 202 Å². The summed E-state index contributed by atoms with van der Waals surface area (Å²) in [5.41, 5.74) is 0.948. The molecule has 1 heterocycles. The molecule has 0 aliphatic carbocycles. The highest BCUT2D eigenvalue weighted by Gasteiger charge is 2.49. The molecule has 0 spiro atoms. The molecule has 7 nitrogen and oxygen atoms in total. The van der Waals surface area contributed by atoms with Gasteiger partial charge in [-0.2, -0.15) is 0 Å². The molecule has 7 heteroatoms. The molecule has 0 amide bonds. The van der Waals surface area contributed by atoms with Crippen molar-refractivity contribution in [1.29, 1.82) is 0 Å². The highest BCUT2D eigenvalue weighted by atomic mass is 16.6. The van der Waals surface area contributed by atoms with Crippen LogP contribution in [0.4, 0.5) is 0 Å². The van der Waals surface area contributed by atoms with Crippen LogP contribution >= 0.6 is 0 Å². The van der Waals surface area contributed by atoms with E-state index in [1.165, 1.54) is 0 Å².